The minimum absolute atomic E-state index is 0.0535. The molecular weight excluding hydrogens is 390 g/mol. The van der Waals surface area contributed by atoms with Gasteiger partial charge in [-0.25, -0.2) is 14.5 Å². The predicted octanol–water partition coefficient (Wildman–Crippen LogP) is 3.07. The van der Waals surface area contributed by atoms with Crippen molar-refractivity contribution in [1.82, 2.24) is 29.4 Å². The molecule has 150 valence electrons. The van der Waals surface area contributed by atoms with E-state index in [1.165, 1.54) is 6.07 Å². The fraction of sp³-hybridized carbons (Fsp3) is 0.158. The fourth-order valence-corrected chi connectivity index (χ4v) is 3.20. The van der Waals surface area contributed by atoms with Crippen molar-refractivity contribution in [2.24, 2.45) is 7.05 Å². The van der Waals surface area contributed by atoms with Crippen LogP contribution in [0.15, 0.2) is 47.3 Å². The Balaban J connectivity index is 1.37. The standard InChI is InChI=1S/C19H15N7O4/c1-11-7-12(3-5-15(11)26(27)28)29-9-13-4-6-16(30-13)17-22-19-14-8-21-24(2)18(14)20-10-25(19)23-17/h3-8,10H,9H2,1-2H3. The average molecular weight is 405 g/mol. The van der Waals surface area contributed by atoms with Gasteiger partial charge < -0.3 is 9.15 Å². The molecule has 0 saturated carbocycles. The van der Waals surface area contributed by atoms with E-state index in [0.29, 0.717) is 40.0 Å². The number of nitrogens with zero attached hydrogens (tertiary/aromatic N) is 7. The van der Waals surface area contributed by atoms with Gasteiger partial charge in [-0.1, -0.05) is 0 Å². The summed E-state index contributed by atoms with van der Waals surface area (Å²) in [5.41, 5.74) is 1.94. The number of nitro groups is 1. The second kappa shape index (κ2) is 6.65. The number of ether oxygens (including phenoxy) is 1. The zero-order valence-corrected chi connectivity index (χ0v) is 16.0. The molecule has 4 aromatic heterocycles. The number of nitro benzene ring substituents is 1. The Morgan fingerprint density at radius 1 is 1.23 bits per heavy atom. The molecule has 0 N–H and O–H groups in total. The van der Waals surface area contributed by atoms with Crippen LogP contribution in [-0.4, -0.2) is 34.3 Å². The molecular formula is C19H15N7O4. The summed E-state index contributed by atoms with van der Waals surface area (Å²) in [6.45, 7) is 1.83. The molecule has 0 saturated heterocycles. The van der Waals surface area contributed by atoms with Gasteiger partial charge >= 0.3 is 0 Å². The van der Waals surface area contributed by atoms with Crippen LogP contribution in [0, 0.1) is 17.0 Å². The summed E-state index contributed by atoms with van der Waals surface area (Å²) in [7, 11) is 1.81. The topological polar surface area (TPSA) is 126 Å². The summed E-state index contributed by atoms with van der Waals surface area (Å²) in [5, 5.41) is 20.3. The molecule has 5 rings (SSSR count). The van der Waals surface area contributed by atoms with E-state index in [1.807, 2.05) is 7.05 Å². The lowest BCUT2D eigenvalue weighted by Gasteiger charge is -2.05. The van der Waals surface area contributed by atoms with Crippen LogP contribution in [0.25, 0.3) is 28.3 Å². The van der Waals surface area contributed by atoms with Gasteiger partial charge in [0.15, 0.2) is 17.1 Å². The second-order valence-corrected chi connectivity index (χ2v) is 6.71. The highest BCUT2D eigenvalue weighted by Crippen LogP contribution is 2.25. The first-order chi connectivity index (χ1) is 14.5. The van der Waals surface area contributed by atoms with Gasteiger partial charge in [-0.2, -0.15) is 5.10 Å². The normalized spacial score (nSPS) is 11.4. The number of aromatic nitrogens is 6. The Morgan fingerprint density at radius 3 is 2.90 bits per heavy atom. The van der Waals surface area contributed by atoms with Crippen LogP contribution in [0.2, 0.25) is 0 Å². The molecule has 0 radical (unpaired) electrons. The van der Waals surface area contributed by atoms with Crippen LogP contribution < -0.4 is 4.74 Å². The Hall–Kier alpha value is -4.28. The first kappa shape index (κ1) is 17.8. The lowest BCUT2D eigenvalue weighted by Crippen LogP contribution is -1.96. The van der Waals surface area contributed by atoms with Gasteiger partial charge in [0, 0.05) is 18.7 Å². The maximum Gasteiger partial charge on any atom is 0.272 e. The Bertz CT molecular complexity index is 1420. The van der Waals surface area contributed by atoms with Crippen LogP contribution in [0.4, 0.5) is 5.69 Å². The smallest absolute Gasteiger partial charge is 0.272 e. The highest BCUT2D eigenvalue weighted by Gasteiger charge is 2.16. The largest absolute Gasteiger partial charge is 0.486 e. The van der Waals surface area contributed by atoms with Crippen LogP contribution in [0.5, 0.6) is 5.75 Å². The van der Waals surface area contributed by atoms with Gasteiger partial charge in [-0.05, 0) is 31.2 Å². The number of rotatable bonds is 5. The predicted molar refractivity (Wildman–Crippen MR) is 105 cm³/mol. The SMILES string of the molecule is Cc1cc(OCc2ccc(-c3nc4c5cnn(C)c5ncn4n3)o2)ccc1[N+](=O)[O-]. The number of benzene rings is 1. The van der Waals surface area contributed by atoms with Gasteiger partial charge in [0.1, 0.15) is 24.4 Å². The minimum atomic E-state index is -0.422. The van der Waals surface area contributed by atoms with E-state index >= 15 is 0 Å². The fourth-order valence-electron chi connectivity index (χ4n) is 3.20. The van der Waals surface area contributed by atoms with Crippen molar-refractivity contribution in [3.8, 4) is 17.3 Å². The van der Waals surface area contributed by atoms with E-state index in [-0.39, 0.29) is 12.3 Å². The van der Waals surface area contributed by atoms with Crippen molar-refractivity contribution in [3.05, 3.63) is 64.3 Å². The summed E-state index contributed by atoms with van der Waals surface area (Å²) in [6.07, 6.45) is 3.28. The molecule has 11 heteroatoms. The van der Waals surface area contributed by atoms with E-state index in [1.54, 1.807) is 52.9 Å². The molecule has 30 heavy (non-hydrogen) atoms. The zero-order chi connectivity index (χ0) is 20.8. The number of aryl methyl sites for hydroxylation is 2. The summed E-state index contributed by atoms with van der Waals surface area (Å²) in [4.78, 5) is 19.4. The molecule has 0 atom stereocenters. The van der Waals surface area contributed by atoms with Crippen LogP contribution in [0.1, 0.15) is 11.3 Å². The molecule has 0 unspecified atom stereocenters. The third-order valence-electron chi connectivity index (χ3n) is 4.70. The highest BCUT2D eigenvalue weighted by atomic mass is 16.6. The molecule has 0 amide bonds. The van der Waals surface area contributed by atoms with E-state index in [4.69, 9.17) is 9.15 Å². The van der Waals surface area contributed by atoms with E-state index in [9.17, 15) is 10.1 Å². The monoisotopic (exact) mass is 405 g/mol. The van der Waals surface area contributed by atoms with Crippen molar-refractivity contribution in [3.63, 3.8) is 0 Å². The maximum absolute atomic E-state index is 10.9. The Morgan fingerprint density at radius 2 is 2.10 bits per heavy atom. The second-order valence-electron chi connectivity index (χ2n) is 6.71. The van der Waals surface area contributed by atoms with Gasteiger partial charge in [0.25, 0.3) is 5.69 Å². The highest BCUT2D eigenvalue weighted by molar-refractivity contribution is 5.88. The molecule has 0 aliphatic heterocycles. The number of furan rings is 1. The zero-order valence-electron chi connectivity index (χ0n) is 16.0. The maximum atomic E-state index is 10.9. The molecule has 0 aliphatic carbocycles. The van der Waals surface area contributed by atoms with E-state index < -0.39 is 4.92 Å². The first-order valence-corrected chi connectivity index (χ1v) is 8.99. The quantitative estimate of drug-likeness (QED) is 0.322. The minimum Gasteiger partial charge on any atom is -0.486 e. The van der Waals surface area contributed by atoms with Crippen LogP contribution >= 0.6 is 0 Å². The lowest BCUT2D eigenvalue weighted by atomic mass is 10.2. The summed E-state index contributed by atoms with van der Waals surface area (Å²) >= 11 is 0. The van der Waals surface area contributed by atoms with Crippen molar-refractivity contribution in [2.45, 2.75) is 13.5 Å². The molecule has 11 nitrogen and oxygen atoms in total. The Labute approximate surface area is 168 Å². The molecule has 0 fully saturated rings. The first-order valence-electron chi connectivity index (χ1n) is 8.99. The number of hydrogen-bond acceptors (Lipinski definition) is 8. The van der Waals surface area contributed by atoms with Crippen molar-refractivity contribution in [1.29, 1.82) is 0 Å². The number of hydrogen-bond donors (Lipinski definition) is 0. The van der Waals surface area contributed by atoms with Crippen molar-refractivity contribution < 1.29 is 14.1 Å². The molecule has 0 bridgehead atoms. The van der Waals surface area contributed by atoms with Gasteiger partial charge in [0.05, 0.1) is 16.5 Å². The van der Waals surface area contributed by atoms with Crippen molar-refractivity contribution in [2.75, 3.05) is 0 Å². The van der Waals surface area contributed by atoms with Gasteiger partial charge in [-0.15, -0.1) is 5.10 Å². The van der Waals surface area contributed by atoms with Crippen LogP contribution in [0.3, 0.4) is 0 Å². The summed E-state index contributed by atoms with van der Waals surface area (Å²) in [6, 6.07) is 8.15. The van der Waals surface area contributed by atoms with Crippen LogP contribution in [-0.2, 0) is 13.7 Å². The molecule has 5 aromatic rings. The third kappa shape index (κ3) is 2.92. The average Bonchev–Trinajstić information content (AvgIpc) is 3.44. The third-order valence-corrected chi connectivity index (χ3v) is 4.70. The van der Waals surface area contributed by atoms with Gasteiger partial charge in [-0.3, -0.25) is 14.8 Å². The number of fused-ring (bicyclic) bond motifs is 3. The molecule has 0 spiro atoms. The lowest BCUT2D eigenvalue weighted by molar-refractivity contribution is -0.385. The van der Waals surface area contributed by atoms with E-state index in [2.05, 4.69) is 20.2 Å². The molecule has 4 heterocycles. The van der Waals surface area contributed by atoms with E-state index in [0.717, 1.165) is 5.39 Å². The van der Waals surface area contributed by atoms with Crippen molar-refractivity contribution >= 4 is 22.4 Å². The summed E-state index contributed by atoms with van der Waals surface area (Å²) in [5.74, 6) is 2.01. The van der Waals surface area contributed by atoms with Gasteiger partial charge in [0.2, 0.25) is 5.82 Å². The molecule has 1 aromatic carbocycles. The summed E-state index contributed by atoms with van der Waals surface area (Å²) < 4.78 is 14.8. The molecule has 0 aliphatic rings. The Kier molecular flexibility index (Phi) is 3.95.